The average molecular weight is 341 g/mol. The first kappa shape index (κ1) is 14.0. The van der Waals surface area contributed by atoms with E-state index in [4.69, 9.17) is 0 Å². The summed E-state index contributed by atoms with van der Waals surface area (Å²) in [5, 5.41) is 14.1. The normalized spacial score (nSPS) is 10.4. The number of thiophene rings is 1. The van der Waals surface area contributed by atoms with Crippen LogP contribution in [0.3, 0.4) is 0 Å². The first-order chi connectivity index (χ1) is 9.06. The lowest BCUT2D eigenvalue weighted by Crippen LogP contribution is -2.04. The highest BCUT2D eigenvalue weighted by Crippen LogP contribution is 2.24. The lowest BCUT2D eigenvalue weighted by Gasteiger charge is -2.06. The molecule has 0 aliphatic rings. The second-order valence-electron chi connectivity index (χ2n) is 4.14. The van der Waals surface area contributed by atoms with Crippen LogP contribution in [-0.2, 0) is 6.42 Å². The van der Waals surface area contributed by atoms with Gasteiger partial charge in [0.15, 0.2) is 0 Å². The summed E-state index contributed by atoms with van der Waals surface area (Å²) in [5.74, 6) is 0. The van der Waals surface area contributed by atoms with Crippen molar-refractivity contribution in [3.05, 3.63) is 54.7 Å². The third kappa shape index (κ3) is 3.78. The molecule has 4 nitrogen and oxygen atoms in total. The molecule has 1 heterocycles. The molecular weight excluding hydrogens is 328 g/mol. The molecule has 1 N–H and O–H groups in total. The second kappa shape index (κ2) is 6.16. The Morgan fingerprint density at radius 1 is 1.37 bits per heavy atom. The fourth-order valence-corrected chi connectivity index (χ4v) is 3.21. The Morgan fingerprint density at radius 3 is 2.79 bits per heavy atom. The minimum atomic E-state index is -0.350. The number of aryl methyl sites for hydroxylation is 1. The van der Waals surface area contributed by atoms with Crippen molar-refractivity contribution >= 4 is 38.6 Å². The number of rotatable bonds is 5. The number of nitrogens with one attached hydrogen (secondary N) is 1. The van der Waals surface area contributed by atoms with E-state index in [9.17, 15) is 10.1 Å². The molecule has 0 spiro atoms. The third-order valence-electron chi connectivity index (χ3n) is 2.74. The van der Waals surface area contributed by atoms with Gasteiger partial charge in [0.25, 0.3) is 5.69 Å². The van der Waals surface area contributed by atoms with E-state index < -0.39 is 0 Å². The fraction of sp³-hybridized carbons (Fsp3) is 0.231. The maximum atomic E-state index is 10.8. The maximum absolute atomic E-state index is 10.8. The van der Waals surface area contributed by atoms with Gasteiger partial charge in [-0.05, 0) is 47.5 Å². The molecule has 0 saturated carbocycles. The smallest absolute Gasteiger partial charge is 0.274 e. The van der Waals surface area contributed by atoms with E-state index >= 15 is 0 Å². The molecule has 100 valence electrons. The molecule has 0 radical (unpaired) electrons. The topological polar surface area (TPSA) is 55.2 Å². The van der Waals surface area contributed by atoms with E-state index in [0.29, 0.717) is 5.56 Å². The maximum Gasteiger partial charge on any atom is 0.274 e. The Hall–Kier alpha value is -1.40. The Kier molecular flexibility index (Phi) is 4.55. The zero-order valence-corrected chi connectivity index (χ0v) is 12.8. The summed E-state index contributed by atoms with van der Waals surface area (Å²) in [5.41, 5.74) is 1.62. The van der Waals surface area contributed by atoms with Gasteiger partial charge in [-0.1, -0.05) is 6.07 Å². The summed E-state index contributed by atoms with van der Waals surface area (Å²) in [6.07, 6.45) is 0.901. The summed E-state index contributed by atoms with van der Waals surface area (Å²) < 4.78 is 1.12. The molecule has 0 amide bonds. The molecule has 0 aliphatic carbocycles. The summed E-state index contributed by atoms with van der Waals surface area (Å²) >= 11 is 5.13. The first-order valence-corrected chi connectivity index (χ1v) is 7.40. The van der Waals surface area contributed by atoms with Crippen LogP contribution in [0.4, 0.5) is 11.4 Å². The van der Waals surface area contributed by atoms with E-state index in [1.165, 1.54) is 4.88 Å². The van der Waals surface area contributed by atoms with Gasteiger partial charge < -0.3 is 5.32 Å². The highest BCUT2D eigenvalue weighted by Gasteiger charge is 2.10. The fourth-order valence-electron chi connectivity index (χ4n) is 1.73. The van der Waals surface area contributed by atoms with E-state index in [0.717, 1.165) is 22.4 Å². The molecule has 6 heteroatoms. The first-order valence-electron chi connectivity index (χ1n) is 5.79. The second-order valence-corrected chi connectivity index (χ2v) is 6.69. The third-order valence-corrected chi connectivity index (χ3v) is 4.42. The van der Waals surface area contributed by atoms with Gasteiger partial charge in [0.2, 0.25) is 0 Å². The molecule has 0 saturated heterocycles. The minimum Gasteiger partial charge on any atom is -0.384 e. The van der Waals surface area contributed by atoms with Crippen molar-refractivity contribution in [3.63, 3.8) is 0 Å². The zero-order valence-electron chi connectivity index (χ0n) is 10.4. The highest BCUT2D eigenvalue weighted by molar-refractivity contribution is 9.11. The molecule has 2 rings (SSSR count). The number of hydrogen-bond acceptors (Lipinski definition) is 4. The van der Waals surface area contributed by atoms with Crippen LogP contribution >= 0.6 is 27.3 Å². The van der Waals surface area contributed by atoms with Crippen molar-refractivity contribution in [3.8, 4) is 0 Å². The highest BCUT2D eigenvalue weighted by atomic mass is 79.9. The van der Waals surface area contributed by atoms with Crippen molar-refractivity contribution in [2.45, 2.75) is 13.3 Å². The van der Waals surface area contributed by atoms with Crippen LogP contribution < -0.4 is 5.32 Å². The molecule has 0 atom stereocenters. The molecule has 0 bridgehead atoms. The Bertz CT molecular complexity index is 598. The van der Waals surface area contributed by atoms with Gasteiger partial charge in [-0.25, -0.2) is 0 Å². The summed E-state index contributed by atoms with van der Waals surface area (Å²) in [7, 11) is 0. The predicted molar refractivity (Wildman–Crippen MR) is 82.0 cm³/mol. The molecular formula is C13H13BrN2O2S. The van der Waals surface area contributed by atoms with E-state index in [1.54, 1.807) is 30.4 Å². The van der Waals surface area contributed by atoms with Crippen LogP contribution in [0.25, 0.3) is 0 Å². The van der Waals surface area contributed by atoms with Gasteiger partial charge in [-0.3, -0.25) is 10.1 Å². The Morgan fingerprint density at radius 2 is 2.16 bits per heavy atom. The largest absolute Gasteiger partial charge is 0.384 e. The predicted octanol–water partition coefficient (Wildman–Crippen LogP) is 4.38. The molecule has 1 aromatic heterocycles. The summed E-state index contributed by atoms with van der Waals surface area (Å²) in [4.78, 5) is 11.8. The van der Waals surface area contributed by atoms with Crippen LogP contribution in [0.15, 0.2) is 34.1 Å². The number of nitro groups is 1. The quantitative estimate of drug-likeness (QED) is 0.648. The van der Waals surface area contributed by atoms with E-state index in [-0.39, 0.29) is 10.6 Å². The minimum absolute atomic E-state index is 0.156. The number of nitro benzene ring substituents is 1. The Labute approximate surface area is 123 Å². The van der Waals surface area contributed by atoms with Gasteiger partial charge >= 0.3 is 0 Å². The van der Waals surface area contributed by atoms with Crippen LogP contribution in [0, 0.1) is 17.0 Å². The molecule has 0 fully saturated rings. The number of anilines is 1. The molecule has 2 aromatic rings. The molecule has 1 aromatic carbocycles. The Balaban J connectivity index is 1.96. The monoisotopic (exact) mass is 340 g/mol. The van der Waals surface area contributed by atoms with Crippen molar-refractivity contribution < 1.29 is 4.92 Å². The van der Waals surface area contributed by atoms with Crippen LogP contribution in [0.1, 0.15) is 10.4 Å². The van der Waals surface area contributed by atoms with Crippen molar-refractivity contribution in [2.24, 2.45) is 0 Å². The van der Waals surface area contributed by atoms with Crippen LogP contribution in [-0.4, -0.2) is 11.5 Å². The van der Waals surface area contributed by atoms with Crippen molar-refractivity contribution in [1.82, 2.24) is 0 Å². The van der Waals surface area contributed by atoms with E-state index in [2.05, 4.69) is 27.3 Å². The number of benzene rings is 1. The van der Waals surface area contributed by atoms with Crippen LogP contribution in [0.5, 0.6) is 0 Å². The zero-order chi connectivity index (χ0) is 13.8. The standard InChI is InChI=1S/C13H13BrN2O2S/c1-9-2-3-10(8-12(9)16(17)18)15-7-6-11-4-5-13(14)19-11/h2-5,8,15H,6-7H2,1H3. The number of hydrogen-bond donors (Lipinski definition) is 1. The van der Waals surface area contributed by atoms with Gasteiger partial charge in [-0.15, -0.1) is 11.3 Å². The van der Waals surface area contributed by atoms with Crippen molar-refractivity contribution in [2.75, 3.05) is 11.9 Å². The van der Waals surface area contributed by atoms with Gasteiger partial charge in [0.05, 0.1) is 8.71 Å². The SMILES string of the molecule is Cc1ccc(NCCc2ccc(Br)s2)cc1[N+](=O)[O-]. The van der Waals surface area contributed by atoms with Gasteiger partial charge in [-0.2, -0.15) is 0 Å². The summed E-state index contributed by atoms with van der Waals surface area (Å²) in [6.45, 7) is 2.50. The van der Waals surface area contributed by atoms with E-state index in [1.807, 2.05) is 12.1 Å². The molecule has 0 unspecified atom stereocenters. The average Bonchev–Trinajstić information content (AvgIpc) is 2.77. The number of nitrogens with zero attached hydrogens (tertiary/aromatic N) is 1. The molecule has 0 aliphatic heterocycles. The van der Waals surface area contributed by atoms with Crippen molar-refractivity contribution in [1.29, 1.82) is 0 Å². The van der Waals surface area contributed by atoms with Crippen LogP contribution in [0.2, 0.25) is 0 Å². The summed E-state index contributed by atoms with van der Waals surface area (Å²) in [6, 6.07) is 9.32. The molecule has 19 heavy (non-hydrogen) atoms. The van der Waals surface area contributed by atoms with Gasteiger partial charge in [0.1, 0.15) is 0 Å². The van der Waals surface area contributed by atoms with Gasteiger partial charge in [0, 0.05) is 28.7 Å². The lowest BCUT2D eigenvalue weighted by atomic mass is 10.2. The number of halogens is 1. The lowest BCUT2D eigenvalue weighted by molar-refractivity contribution is -0.385.